The van der Waals surface area contributed by atoms with Gasteiger partial charge in [0.25, 0.3) is 5.91 Å². The van der Waals surface area contributed by atoms with Gasteiger partial charge in [0.05, 0.1) is 6.21 Å². The highest BCUT2D eigenvalue weighted by molar-refractivity contribution is 6.30. The first kappa shape index (κ1) is 19.1. The number of rotatable bonds is 4. The highest BCUT2D eigenvalue weighted by Gasteiger charge is 2.27. The lowest BCUT2D eigenvalue weighted by molar-refractivity contribution is -0.130. The second-order valence-electron chi connectivity index (χ2n) is 6.74. The zero-order valence-electron chi connectivity index (χ0n) is 16.1. The van der Waals surface area contributed by atoms with Crippen LogP contribution in [0.3, 0.4) is 0 Å². The molecule has 1 atom stereocenters. The molecule has 1 aliphatic rings. The van der Waals surface area contributed by atoms with E-state index >= 15 is 0 Å². The fourth-order valence-corrected chi connectivity index (χ4v) is 3.50. The van der Waals surface area contributed by atoms with E-state index in [1.54, 1.807) is 18.3 Å². The summed E-state index contributed by atoms with van der Waals surface area (Å²) in [5.41, 5.74) is 6.44. The molecule has 0 fully saturated rings. The van der Waals surface area contributed by atoms with Gasteiger partial charge in [0.1, 0.15) is 6.61 Å². The third-order valence-electron chi connectivity index (χ3n) is 4.72. The van der Waals surface area contributed by atoms with Crippen LogP contribution in [0, 0.1) is 13.8 Å². The summed E-state index contributed by atoms with van der Waals surface area (Å²) in [7, 11) is 0. The summed E-state index contributed by atoms with van der Waals surface area (Å²) in [5, 5.41) is 4.77. The number of amides is 1. The van der Waals surface area contributed by atoms with Gasteiger partial charge in [-0.3, -0.25) is 4.79 Å². The van der Waals surface area contributed by atoms with E-state index in [-0.39, 0.29) is 12.5 Å². The number of carbonyl (C=O) groups is 1. The van der Waals surface area contributed by atoms with Crippen molar-refractivity contribution in [1.29, 1.82) is 0 Å². The number of nitrogens with zero attached hydrogens (tertiary/aromatic N) is 2. The smallest absolute Gasteiger partial charge is 0.284 e. The van der Waals surface area contributed by atoms with Gasteiger partial charge in [0, 0.05) is 27.7 Å². The lowest BCUT2D eigenvalue weighted by Crippen LogP contribution is -2.42. The van der Waals surface area contributed by atoms with Gasteiger partial charge in [-0.15, -0.1) is 0 Å². The van der Waals surface area contributed by atoms with Crippen molar-refractivity contribution in [2.45, 2.75) is 20.0 Å². The summed E-state index contributed by atoms with van der Waals surface area (Å²) in [4.78, 5) is 12.4. The molecule has 0 saturated heterocycles. The first-order valence-electron chi connectivity index (χ1n) is 9.19. The Morgan fingerprint density at radius 1 is 1.17 bits per heavy atom. The van der Waals surface area contributed by atoms with Crippen LogP contribution in [0.15, 0.2) is 59.7 Å². The van der Waals surface area contributed by atoms with E-state index in [1.165, 1.54) is 0 Å². The molecule has 2 heterocycles. The lowest BCUT2D eigenvalue weighted by Gasteiger charge is -2.24. The maximum Gasteiger partial charge on any atom is 0.284 e. The van der Waals surface area contributed by atoms with E-state index in [4.69, 9.17) is 21.1 Å². The fraction of sp³-hybridized carbons (Fsp3) is 0.182. The summed E-state index contributed by atoms with van der Waals surface area (Å²) < 4.78 is 13.3. The molecular formula is C22H20ClN3O3. The molecule has 6 nitrogen and oxygen atoms in total. The molecule has 4 rings (SSSR count). The number of fused-ring (bicyclic) bond motifs is 1. The largest absolute Gasteiger partial charge is 0.485 e. The number of aromatic nitrogens is 1. The Balaban J connectivity index is 1.45. The topological polar surface area (TPSA) is 64.8 Å². The van der Waals surface area contributed by atoms with Crippen LogP contribution in [0.1, 0.15) is 17.0 Å². The zero-order valence-corrected chi connectivity index (χ0v) is 16.8. The second kappa shape index (κ2) is 8.01. The maximum absolute atomic E-state index is 12.4. The average Bonchev–Trinajstić information content (AvgIpc) is 3.00. The zero-order chi connectivity index (χ0) is 20.4. The van der Waals surface area contributed by atoms with Gasteiger partial charge < -0.3 is 14.0 Å². The minimum atomic E-state index is -0.749. The Morgan fingerprint density at radius 2 is 1.97 bits per heavy atom. The van der Waals surface area contributed by atoms with Gasteiger partial charge in [-0.05, 0) is 50.2 Å². The number of aryl methyl sites for hydroxylation is 1. The number of ether oxygens (including phenoxy) is 2. The average molecular weight is 410 g/mol. The van der Waals surface area contributed by atoms with Crippen molar-refractivity contribution in [2.24, 2.45) is 5.10 Å². The van der Waals surface area contributed by atoms with Crippen LogP contribution < -0.4 is 14.9 Å². The molecule has 1 unspecified atom stereocenters. The van der Waals surface area contributed by atoms with Gasteiger partial charge in [-0.1, -0.05) is 29.8 Å². The number of carbonyl (C=O) groups excluding carboxylic acids is 1. The monoisotopic (exact) mass is 409 g/mol. The Hall–Kier alpha value is -3.25. The van der Waals surface area contributed by atoms with Crippen molar-refractivity contribution >= 4 is 23.7 Å². The van der Waals surface area contributed by atoms with E-state index in [2.05, 4.69) is 15.1 Å². The standard InChI is InChI=1S/C22H20ClN3O3/c1-14-10-16(15(2)26(14)18-7-5-6-17(23)11-18)12-24-25-22(27)21-13-28-19-8-3-4-9-20(19)29-21/h3-12,21H,13H2,1-2H3,(H,25,27)/b24-12+. The predicted molar refractivity (Wildman–Crippen MR) is 112 cm³/mol. The Bertz CT molecular complexity index is 1090. The molecule has 0 spiro atoms. The lowest BCUT2D eigenvalue weighted by atomic mass is 10.2. The maximum atomic E-state index is 12.4. The van der Waals surface area contributed by atoms with Crippen LogP contribution in [0.2, 0.25) is 5.02 Å². The molecule has 148 valence electrons. The van der Waals surface area contributed by atoms with Crippen molar-refractivity contribution in [1.82, 2.24) is 9.99 Å². The summed E-state index contributed by atoms with van der Waals surface area (Å²) in [6.07, 6.45) is 0.875. The van der Waals surface area contributed by atoms with Crippen molar-refractivity contribution in [3.63, 3.8) is 0 Å². The number of para-hydroxylation sites is 2. The van der Waals surface area contributed by atoms with Gasteiger partial charge in [-0.25, -0.2) is 5.43 Å². The molecular weight excluding hydrogens is 390 g/mol. The third-order valence-corrected chi connectivity index (χ3v) is 4.95. The van der Waals surface area contributed by atoms with Crippen molar-refractivity contribution in [2.75, 3.05) is 6.61 Å². The van der Waals surface area contributed by atoms with Gasteiger partial charge >= 0.3 is 0 Å². The highest BCUT2D eigenvalue weighted by atomic mass is 35.5. The van der Waals surface area contributed by atoms with Crippen LogP contribution in [0.5, 0.6) is 11.5 Å². The van der Waals surface area contributed by atoms with E-state index in [9.17, 15) is 4.79 Å². The molecule has 1 aliphatic heterocycles. The van der Waals surface area contributed by atoms with Crippen molar-refractivity contribution < 1.29 is 14.3 Å². The molecule has 1 N–H and O–H groups in total. The number of nitrogens with one attached hydrogen (secondary N) is 1. The number of halogens is 1. The van der Waals surface area contributed by atoms with Crippen molar-refractivity contribution in [3.8, 4) is 17.2 Å². The Morgan fingerprint density at radius 3 is 2.76 bits per heavy atom. The first-order chi connectivity index (χ1) is 14.0. The molecule has 1 aromatic heterocycles. The SMILES string of the molecule is Cc1cc(/C=N/NC(=O)C2COc3ccccc3O2)c(C)n1-c1cccc(Cl)c1. The van der Waals surface area contributed by atoms with Crippen LogP contribution in [-0.2, 0) is 4.79 Å². The van der Waals surface area contributed by atoms with Crippen molar-refractivity contribution in [3.05, 3.63) is 76.6 Å². The molecule has 0 radical (unpaired) electrons. The number of hydrazone groups is 1. The van der Waals surface area contributed by atoms with E-state index < -0.39 is 6.10 Å². The summed E-state index contributed by atoms with van der Waals surface area (Å²) in [5.74, 6) is 0.820. The molecule has 29 heavy (non-hydrogen) atoms. The molecule has 0 bridgehead atoms. The van der Waals surface area contributed by atoms with Gasteiger partial charge in [-0.2, -0.15) is 5.10 Å². The quantitative estimate of drug-likeness (QED) is 0.522. The Labute approximate surface area is 173 Å². The third kappa shape index (κ3) is 3.98. The normalized spacial score (nSPS) is 15.5. The van der Waals surface area contributed by atoms with Crippen LogP contribution in [-0.4, -0.2) is 29.4 Å². The molecule has 7 heteroatoms. The number of hydrogen-bond donors (Lipinski definition) is 1. The molecule has 1 amide bonds. The number of benzene rings is 2. The predicted octanol–water partition coefficient (Wildman–Crippen LogP) is 4.04. The van der Waals surface area contributed by atoms with Crippen LogP contribution in [0.4, 0.5) is 0 Å². The molecule has 3 aromatic rings. The molecule has 0 saturated carbocycles. The van der Waals surface area contributed by atoms with E-state index in [0.29, 0.717) is 16.5 Å². The summed E-state index contributed by atoms with van der Waals surface area (Å²) >= 11 is 6.12. The number of hydrogen-bond acceptors (Lipinski definition) is 4. The molecule has 0 aliphatic carbocycles. The van der Waals surface area contributed by atoms with E-state index in [0.717, 1.165) is 22.6 Å². The second-order valence-corrected chi connectivity index (χ2v) is 7.18. The minimum Gasteiger partial charge on any atom is -0.485 e. The van der Waals surface area contributed by atoms with Gasteiger partial charge in [0.2, 0.25) is 6.10 Å². The Kier molecular flexibility index (Phi) is 5.27. The van der Waals surface area contributed by atoms with Crippen LogP contribution in [0.25, 0.3) is 5.69 Å². The van der Waals surface area contributed by atoms with E-state index in [1.807, 2.05) is 56.3 Å². The fourth-order valence-electron chi connectivity index (χ4n) is 3.32. The first-order valence-corrected chi connectivity index (χ1v) is 9.57. The van der Waals surface area contributed by atoms with Gasteiger partial charge in [0.15, 0.2) is 11.5 Å². The summed E-state index contributed by atoms with van der Waals surface area (Å²) in [6, 6.07) is 16.9. The van der Waals surface area contributed by atoms with Crippen LogP contribution >= 0.6 is 11.6 Å². The highest BCUT2D eigenvalue weighted by Crippen LogP contribution is 2.30. The summed E-state index contributed by atoms with van der Waals surface area (Å²) in [6.45, 7) is 4.14. The molecule has 2 aromatic carbocycles. The minimum absolute atomic E-state index is 0.141.